The van der Waals surface area contributed by atoms with Crippen LogP contribution in [0.4, 0.5) is 5.13 Å². The predicted octanol–water partition coefficient (Wildman–Crippen LogP) is 2.43. The number of carbonyl (C=O) groups excluding carboxylic acids is 2. The summed E-state index contributed by atoms with van der Waals surface area (Å²) in [6.45, 7) is 1.79. The molecule has 0 aliphatic rings. The molecule has 0 unspecified atom stereocenters. The highest BCUT2D eigenvalue weighted by Gasteiger charge is 2.14. The number of amides is 1. The lowest BCUT2D eigenvalue weighted by atomic mass is 10.2. The van der Waals surface area contributed by atoms with E-state index in [2.05, 4.69) is 15.0 Å². The highest BCUT2D eigenvalue weighted by Crippen LogP contribution is 2.24. The van der Waals surface area contributed by atoms with Gasteiger partial charge in [-0.05, 0) is 25.1 Å². The van der Waals surface area contributed by atoms with Crippen molar-refractivity contribution in [2.24, 2.45) is 0 Å². The monoisotopic (exact) mass is 320 g/mol. The first-order valence-corrected chi connectivity index (χ1v) is 7.33. The standard InChI is InChI=1S/C15H16N2O4S/c1-9-12(8-13(18)21-3)22-15(16-9)17-14(19)10-5-4-6-11(7-10)20-2/h4-7H,8H2,1-3H3,(H,16,17,19). The van der Waals surface area contributed by atoms with Crippen LogP contribution in [-0.2, 0) is 16.0 Å². The Hall–Kier alpha value is -2.41. The number of hydrogen-bond donors (Lipinski definition) is 1. The molecule has 2 rings (SSSR count). The average Bonchev–Trinajstić information content (AvgIpc) is 2.86. The molecule has 0 fully saturated rings. The first kappa shape index (κ1) is 16.0. The Kier molecular flexibility index (Phi) is 5.11. The molecule has 1 amide bonds. The molecule has 0 bridgehead atoms. The number of aromatic nitrogens is 1. The Bertz CT molecular complexity index is 697. The van der Waals surface area contributed by atoms with Crippen LogP contribution in [0.3, 0.4) is 0 Å². The Morgan fingerprint density at radius 3 is 2.77 bits per heavy atom. The summed E-state index contributed by atoms with van der Waals surface area (Å²) >= 11 is 1.26. The van der Waals surface area contributed by atoms with Crippen molar-refractivity contribution >= 4 is 28.3 Å². The SMILES string of the molecule is COC(=O)Cc1sc(NC(=O)c2cccc(OC)c2)nc1C. The molecule has 0 aliphatic carbocycles. The van der Waals surface area contributed by atoms with E-state index in [4.69, 9.17) is 4.74 Å². The maximum atomic E-state index is 12.2. The third-order valence-electron chi connectivity index (χ3n) is 2.98. The van der Waals surface area contributed by atoms with Gasteiger partial charge in [0.2, 0.25) is 0 Å². The second kappa shape index (κ2) is 7.04. The van der Waals surface area contributed by atoms with Crippen molar-refractivity contribution in [3.63, 3.8) is 0 Å². The zero-order chi connectivity index (χ0) is 16.1. The molecule has 0 saturated carbocycles. The first-order chi connectivity index (χ1) is 10.5. The number of ether oxygens (including phenoxy) is 2. The minimum Gasteiger partial charge on any atom is -0.497 e. The summed E-state index contributed by atoms with van der Waals surface area (Å²) in [4.78, 5) is 28.5. The Labute approximate surface area is 132 Å². The quantitative estimate of drug-likeness (QED) is 0.856. The Balaban J connectivity index is 2.11. The Morgan fingerprint density at radius 1 is 1.32 bits per heavy atom. The smallest absolute Gasteiger partial charge is 0.310 e. The minimum absolute atomic E-state index is 0.148. The molecule has 1 N–H and O–H groups in total. The van der Waals surface area contributed by atoms with E-state index >= 15 is 0 Å². The molecule has 0 aliphatic heterocycles. The van der Waals surface area contributed by atoms with Crippen molar-refractivity contribution in [1.82, 2.24) is 4.98 Å². The van der Waals surface area contributed by atoms with Crippen LogP contribution < -0.4 is 10.1 Å². The highest BCUT2D eigenvalue weighted by atomic mass is 32.1. The van der Waals surface area contributed by atoms with Gasteiger partial charge in [-0.25, -0.2) is 4.98 Å². The fourth-order valence-electron chi connectivity index (χ4n) is 1.78. The molecular formula is C15H16N2O4S. The van der Waals surface area contributed by atoms with E-state index in [9.17, 15) is 9.59 Å². The number of anilines is 1. The van der Waals surface area contributed by atoms with Crippen LogP contribution in [0.15, 0.2) is 24.3 Å². The summed E-state index contributed by atoms with van der Waals surface area (Å²) in [5.74, 6) is -0.0101. The third-order valence-corrected chi connectivity index (χ3v) is 4.05. The molecular weight excluding hydrogens is 304 g/mol. The normalized spacial score (nSPS) is 10.1. The number of benzene rings is 1. The van der Waals surface area contributed by atoms with E-state index in [0.717, 1.165) is 4.88 Å². The van der Waals surface area contributed by atoms with Gasteiger partial charge in [0.05, 0.1) is 26.3 Å². The van der Waals surface area contributed by atoms with Gasteiger partial charge in [0.15, 0.2) is 5.13 Å². The highest BCUT2D eigenvalue weighted by molar-refractivity contribution is 7.16. The number of esters is 1. The van der Waals surface area contributed by atoms with Crippen molar-refractivity contribution < 1.29 is 19.1 Å². The maximum absolute atomic E-state index is 12.2. The van der Waals surface area contributed by atoms with Crippen LogP contribution in [-0.4, -0.2) is 31.1 Å². The van der Waals surface area contributed by atoms with Crippen LogP contribution in [0.1, 0.15) is 20.9 Å². The lowest BCUT2D eigenvalue weighted by Gasteiger charge is -2.04. The molecule has 2 aromatic rings. The number of carbonyl (C=O) groups is 2. The molecule has 0 atom stereocenters. The molecule has 116 valence electrons. The minimum atomic E-state index is -0.336. The van der Waals surface area contributed by atoms with E-state index in [1.807, 2.05) is 0 Å². The summed E-state index contributed by atoms with van der Waals surface area (Å²) in [6.07, 6.45) is 0.148. The number of hydrogen-bond acceptors (Lipinski definition) is 6. The largest absolute Gasteiger partial charge is 0.497 e. The van der Waals surface area contributed by atoms with Gasteiger partial charge in [-0.2, -0.15) is 0 Å². The lowest BCUT2D eigenvalue weighted by molar-refractivity contribution is -0.139. The van der Waals surface area contributed by atoms with E-state index in [-0.39, 0.29) is 18.3 Å². The van der Waals surface area contributed by atoms with Gasteiger partial charge in [-0.1, -0.05) is 6.07 Å². The molecule has 7 heteroatoms. The fourth-order valence-corrected chi connectivity index (χ4v) is 2.73. The second-order valence-electron chi connectivity index (χ2n) is 4.47. The molecule has 0 radical (unpaired) electrons. The second-order valence-corrected chi connectivity index (χ2v) is 5.55. The summed E-state index contributed by atoms with van der Waals surface area (Å²) in [5, 5.41) is 3.17. The summed E-state index contributed by atoms with van der Waals surface area (Å²) in [7, 11) is 2.88. The van der Waals surface area contributed by atoms with Crippen LogP contribution in [0.5, 0.6) is 5.75 Å². The molecule has 0 spiro atoms. The number of rotatable bonds is 5. The molecule has 1 aromatic carbocycles. The average molecular weight is 320 g/mol. The molecule has 1 heterocycles. The topological polar surface area (TPSA) is 77.5 Å². The number of nitrogens with one attached hydrogen (secondary N) is 1. The van der Waals surface area contributed by atoms with E-state index in [0.29, 0.717) is 22.1 Å². The van der Waals surface area contributed by atoms with Crippen molar-refractivity contribution in [3.8, 4) is 5.75 Å². The van der Waals surface area contributed by atoms with Gasteiger partial charge in [-0.15, -0.1) is 11.3 Å². The van der Waals surface area contributed by atoms with Gasteiger partial charge in [0.1, 0.15) is 5.75 Å². The van der Waals surface area contributed by atoms with Crippen molar-refractivity contribution in [2.75, 3.05) is 19.5 Å². The number of thiazole rings is 1. The van der Waals surface area contributed by atoms with Gasteiger partial charge in [0, 0.05) is 10.4 Å². The van der Waals surface area contributed by atoms with Gasteiger partial charge < -0.3 is 9.47 Å². The summed E-state index contributed by atoms with van der Waals surface area (Å²) < 4.78 is 9.72. The van der Waals surface area contributed by atoms with E-state index < -0.39 is 0 Å². The van der Waals surface area contributed by atoms with Crippen LogP contribution >= 0.6 is 11.3 Å². The van der Waals surface area contributed by atoms with Crippen LogP contribution in [0, 0.1) is 6.92 Å². The number of aryl methyl sites for hydroxylation is 1. The molecule has 0 saturated heterocycles. The first-order valence-electron chi connectivity index (χ1n) is 6.52. The predicted molar refractivity (Wildman–Crippen MR) is 83.5 cm³/mol. The van der Waals surface area contributed by atoms with Gasteiger partial charge in [-0.3, -0.25) is 14.9 Å². The van der Waals surface area contributed by atoms with Crippen LogP contribution in [0.25, 0.3) is 0 Å². The summed E-state index contributed by atoms with van der Waals surface area (Å²) in [5.41, 5.74) is 1.18. The van der Waals surface area contributed by atoms with Crippen LogP contribution in [0.2, 0.25) is 0 Å². The van der Waals surface area contributed by atoms with E-state index in [1.165, 1.54) is 18.4 Å². The fraction of sp³-hybridized carbons (Fsp3) is 0.267. The van der Waals surface area contributed by atoms with Crippen molar-refractivity contribution in [1.29, 1.82) is 0 Å². The third kappa shape index (κ3) is 3.82. The van der Waals surface area contributed by atoms with Gasteiger partial charge in [0.25, 0.3) is 5.91 Å². The lowest BCUT2D eigenvalue weighted by Crippen LogP contribution is -2.11. The summed E-state index contributed by atoms with van der Waals surface area (Å²) in [6, 6.07) is 6.83. The molecule has 1 aromatic heterocycles. The van der Waals surface area contributed by atoms with Crippen molar-refractivity contribution in [3.05, 3.63) is 40.4 Å². The number of nitrogens with zero attached hydrogens (tertiary/aromatic N) is 1. The van der Waals surface area contributed by atoms with Gasteiger partial charge >= 0.3 is 5.97 Å². The Morgan fingerprint density at radius 2 is 2.09 bits per heavy atom. The molecule has 6 nitrogen and oxygen atoms in total. The van der Waals surface area contributed by atoms with E-state index in [1.54, 1.807) is 38.3 Å². The number of methoxy groups -OCH3 is 2. The zero-order valence-electron chi connectivity index (χ0n) is 12.5. The maximum Gasteiger partial charge on any atom is 0.310 e. The van der Waals surface area contributed by atoms with Crippen molar-refractivity contribution in [2.45, 2.75) is 13.3 Å². The zero-order valence-corrected chi connectivity index (χ0v) is 13.3. The molecule has 22 heavy (non-hydrogen) atoms.